The molecule has 0 bridgehead atoms. The number of carbonyl (C=O) groups excluding carboxylic acids is 1. The van der Waals surface area contributed by atoms with Crippen molar-refractivity contribution in [1.82, 2.24) is 14.6 Å². The number of carbonyl (C=O) groups is 1. The Hall–Kier alpha value is -2.37. The van der Waals surface area contributed by atoms with E-state index in [9.17, 15) is 13.2 Å². The highest BCUT2D eigenvalue weighted by Gasteiger charge is 2.22. The van der Waals surface area contributed by atoms with Crippen molar-refractivity contribution in [3.63, 3.8) is 0 Å². The summed E-state index contributed by atoms with van der Waals surface area (Å²) in [6.07, 6.45) is 3.49. The molecule has 1 amide bonds. The Morgan fingerprint density at radius 1 is 1.10 bits per heavy atom. The number of thiazole rings is 1. The van der Waals surface area contributed by atoms with E-state index in [1.807, 2.05) is 5.38 Å². The molecule has 0 saturated carbocycles. The number of sulfonamides is 1. The summed E-state index contributed by atoms with van der Waals surface area (Å²) in [4.78, 5) is 21.0. The van der Waals surface area contributed by atoms with Crippen molar-refractivity contribution >= 4 is 32.4 Å². The lowest BCUT2D eigenvalue weighted by Crippen LogP contribution is -2.37. The van der Waals surface area contributed by atoms with E-state index in [1.54, 1.807) is 28.5 Å². The van der Waals surface area contributed by atoms with Gasteiger partial charge >= 0.3 is 0 Å². The van der Waals surface area contributed by atoms with E-state index in [4.69, 9.17) is 9.47 Å². The Labute approximate surface area is 186 Å². The van der Waals surface area contributed by atoms with Gasteiger partial charge in [0.2, 0.25) is 15.9 Å². The largest absolute Gasteiger partial charge is 0.490 e. The number of aromatic nitrogens is 1. The Morgan fingerprint density at radius 3 is 2.74 bits per heavy atom. The fraction of sp³-hybridized carbons (Fsp3) is 0.500. The van der Waals surface area contributed by atoms with Crippen LogP contribution >= 0.6 is 11.3 Å². The minimum Gasteiger partial charge on any atom is -0.490 e. The quantitative estimate of drug-likeness (QED) is 0.692. The minimum absolute atomic E-state index is 0.0440. The molecule has 2 aliphatic heterocycles. The first kappa shape index (κ1) is 21.8. The molecule has 2 aromatic rings. The van der Waals surface area contributed by atoms with Crippen molar-refractivity contribution in [2.75, 3.05) is 50.8 Å². The Balaban J connectivity index is 1.29. The lowest BCUT2D eigenvalue weighted by molar-refractivity contribution is -0.130. The molecular formula is C20H26N4O5S2. The first-order valence-electron chi connectivity index (χ1n) is 10.3. The summed E-state index contributed by atoms with van der Waals surface area (Å²) in [5.41, 5.74) is 0. The van der Waals surface area contributed by atoms with Gasteiger partial charge in [0.05, 0.1) is 18.1 Å². The summed E-state index contributed by atoms with van der Waals surface area (Å²) < 4.78 is 38.9. The van der Waals surface area contributed by atoms with Crippen LogP contribution in [0.15, 0.2) is 34.7 Å². The third-order valence-corrected chi connectivity index (χ3v) is 7.49. The number of amides is 1. The number of fused-ring (bicyclic) bond motifs is 1. The summed E-state index contributed by atoms with van der Waals surface area (Å²) in [6, 6.07) is 4.55. The molecule has 3 heterocycles. The lowest BCUT2D eigenvalue weighted by Gasteiger charge is -2.21. The molecule has 31 heavy (non-hydrogen) atoms. The van der Waals surface area contributed by atoms with Crippen LogP contribution in [-0.4, -0.2) is 70.1 Å². The van der Waals surface area contributed by atoms with E-state index in [0.717, 1.165) is 31.1 Å². The summed E-state index contributed by atoms with van der Waals surface area (Å²) in [5.74, 6) is 0.910. The summed E-state index contributed by atoms with van der Waals surface area (Å²) in [6.45, 7) is 3.91. The molecule has 1 aromatic carbocycles. The van der Waals surface area contributed by atoms with E-state index >= 15 is 0 Å². The van der Waals surface area contributed by atoms with Gasteiger partial charge < -0.3 is 19.3 Å². The van der Waals surface area contributed by atoms with Gasteiger partial charge in [0.1, 0.15) is 0 Å². The highest BCUT2D eigenvalue weighted by atomic mass is 32.2. The molecule has 9 nitrogen and oxygen atoms in total. The van der Waals surface area contributed by atoms with Crippen LogP contribution in [0, 0.1) is 0 Å². The van der Waals surface area contributed by atoms with Gasteiger partial charge in [0.25, 0.3) is 0 Å². The van der Waals surface area contributed by atoms with E-state index in [0.29, 0.717) is 37.8 Å². The molecule has 0 radical (unpaired) electrons. The smallest absolute Gasteiger partial charge is 0.240 e. The molecule has 4 rings (SSSR count). The van der Waals surface area contributed by atoms with Crippen molar-refractivity contribution in [3.8, 4) is 11.5 Å². The summed E-state index contributed by atoms with van der Waals surface area (Å²) in [7, 11) is -3.75. The van der Waals surface area contributed by atoms with Crippen LogP contribution in [0.2, 0.25) is 0 Å². The second kappa shape index (κ2) is 9.84. The molecule has 0 aliphatic carbocycles. The topological polar surface area (TPSA) is 101 Å². The molecular weight excluding hydrogens is 440 g/mol. The maximum Gasteiger partial charge on any atom is 0.240 e. The highest BCUT2D eigenvalue weighted by Crippen LogP contribution is 2.31. The fourth-order valence-electron chi connectivity index (χ4n) is 3.57. The summed E-state index contributed by atoms with van der Waals surface area (Å²) in [5, 5.41) is 2.91. The van der Waals surface area contributed by atoms with Crippen LogP contribution in [0.4, 0.5) is 5.13 Å². The zero-order chi connectivity index (χ0) is 21.7. The van der Waals surface area contributed by atoms with E-state index < -0.39 is 10.0 Å². The molecule has 0 atom stereocenters. The molecule has 0 spiro atoms. The second-order valence-corrected chi connectivity index (χ2v) is 9.98. The number of benzene rings is 1. The molecule has 1 fully saturated rings. The predicted molar refractivity (Wildman–Crippen MR) is 117 cm³/mol. The number of hydrogen-bond donors (Lipinski definition) is 1. The Morgan fingerprint density at radius 2 is 1.94 bits per heavy atom. The van der Waals surface area contributed by atoms with Crippen molar-refractivity contribution in [1.29, 1.82) is 0 Å². The normalized spacial score (nSPS) is 17.2. The zero-order valence-corrected chi connectivity index (χ0v) is 18.8. The molecule has 1 N–H and O–H groups in total. The van der Waals surface area contributed by atoms with Gasteiger partial charge in [-0.1, -0.05) is 0 Å². The zero-order valence-electron chi connectivity index (χ0n) is 17.2. The molecule has 11 heteroatoms. The van der Waals surface area contributed by atoms with Crippen molar-refractivity contribution < 1.29 is 22.7 Å². The third-order valence-electron chi connectivity index (χ3n) is 5.20. The molecule has 168 valence electrons. The number of hydrogen-bond acceptors (Lipinski definition) is 8. The molecule has 0 unspecified atom stereocenters. The van der Waals surface area contributed by atoms with Crippen molar-refractivity contribution in [3.05, 3.63) is 29.8 Å². The van der Waals surface area contributed by atoms with E-state index in [2.05, 4.69) is 14.6 Å². The van der Waals surface area contributed by atoms with E-state index in [-0.39, 0.29) is 23.8 Å². The average molecular weight is 467 g/mol. The SMILES string of the molecule is O=C(CCNS(=O)(=O)c1ccc2c(c1)OCCCO2)N1CCCN(c2nccs2)CC1. The van der Waals surface area contributed by atoms with Crippen molar-refractivity contribution in [2.45, 2.75) is 24.2 Å². The molecule has 1 saturated heterocycles. The van der Waals surface area contributed by atoms with Gasteiger partial charge in [-0.25, -0.2) is 18.1 Å². The maximum absolute atomic E-state index is 12.6. The monoisotopic (exact) mass is 466 g/mol. The number of nitrogens with zero attached hydrogens (tertiary/aromatic N) is 3. The Kier molecular flexibility index (Phi) is 6.93. The summed E-state index contributed by atoms with van der Waals surface area (Å²) >= 11 is 1.59. The first-order chi connectivity index (χ1) is 15.0. The van der Waals surface area contributed by atoms with Gasteiger partial charge in [-0.15, -0.1) is 11.3 Å². The fourth-order valence-corrected chi connectivity index (χ4v) is 5.32. The van der Waals surface area contributed by atoms with Crippen LogP contribution < -0.4 is 19.1 Å². The van der Waals surface area contributed by atoms with Crippen LogP contribution in [0.3, 0.4) is 0 Å². The average Bonchev–Trinajstić information content (AvgIpc) is 3.04. The van der Waals surface area contributed by atoms with Crippen molar-refractivity contribution in [2.24, 2.45) is 0 Å². The predicted octanol–water partition coefficient (Wildman–Crippen LogP) is 1.71. The van der Waals surface area contributed by atoms with Crippen LogP contribution in [0.5, 0.6) is 11.5 Å². The van der Waals surface area contributed by atoms with Gasteiger partial charge in [0, 0.05) is 63.2 Å². The van der Waals surface area contributed by atoms with Gasteiger partial charge in [-0.2, -0.15) is 0 Å². The highest BCUT2D eigenvalue weighted by molar-refractivity contribution is 7.89. The molecule has 2 aliphatic rings. The number of nitrogens with one attached hydrogen (secondary N) is 1. The molecule has 1 aromatic heterocycles. The second-order valence-electron chi connectivity index (χ2n) is 7.34. The standard InChI is InChI=1S/C20H26N4O5S2/c25-19(23-8-1-9-24(11-10-23)20-21-7-14-30-20)5-6-22-31(26,27)16-3-4-17-18(15-16)29-13-2-12-28-17/h3-4,7,14-15,22H,1-2,5-6,8-13H2. The number of rotatable bonds is 6. The van der Waals surface area contributed by atoms with Gasteiger partial charge in [0.15, 0.2) is 16.6 Å². The minimum atomic E-state index is -3.75. The van der Waals surface area contributed by atoms with Crippen LogP contribution in [0.1, 0.15) is 19.3 Å². The maximum atomic E-state index is 12.6. The number of ether oxygens (including phenoxy) is 2. The number of anilines is 1. The first-order valence-corrected chi connectivity index (χ1v) is 12.7. The van der Waals surface area contributed by atoms with Gasteiger partial charge in [-0.05, 0) is 18.6 Å². The third kappa shape index (κ3) is 5.46. The van der Waals surface area contributed by atoms with E-state index in [1.165, 1.54) is 12.1 Å². The van der Waals surface area contributed by atoms with Crippen LogP contribution in [0.25, 0.3) is 0 Å². The lowest BCUT2D eigenvalue weighted by atomic mass is 10.3. The van der Waals surface area contributed by atoms with Crippen LogP contribution in [-0.2, 0) is 14.8 Å². The Bertz CT molecular complexity index is 997. The van der Waals surface area contributed by atoms with Gasteiger partial charge in [-0.3, -0.25) is 4.79 Å².